The molecule has 0 spiro atoms. The van der Waals surface area contributed by atoms with E-state index in [4.69, 9.17) is 0 Å². The first-order valence-electron chi connectivity index (χ1n) is 16.7. The molecule has 268 valence electrons. The first kappa shape index (κ1) is 36.0. The standard InChI is InChI=1S/C34H44N8O8/c1-19-23-17-24-20(2)40(32(48)36(6)28(24)44)15-11-12-16-42-22(4)26(30(46)38(8)34(42)50)18-25-21(3)41(33(49)37(7)29(25)45)14-10-9-13-39(19)31(47)35(5)27(23)43/h9-18H2,1-8H3. The Morgan fingerprint density at radius 1 is 0.340 bits per heavy atom. The lowest BCUT2D eigenvalue weighted by atomic mass is 10.0. The fourth-order valence-electron chi connectivity index (χ4n) is 7.03. The summed E-state index contributed by atoms with van der Waals surface area (Å²) in [7, 11) is 5.52. The van der Waals surface area contributed by atoms with Gasteiger partial charge in [0.15, 0.2) is 0 Å². The molecule has 4 aromatic heterocycles. The summed E-state index contributed by atoms with van der Waals surface area (Å²) in [5.74, 6) is 0. The maximum absolute atomic E-state index is 13.4. The van der Waals surface area contributed by atoms with E-state index < -0.39 is 45.0 Å². The summed E-state index contributed by atoms with van der Waals surface area (Å²) in [6.07, 6.45) is 1.53. The van der Waals surface area contributed by atoms with Crippen molar-refractivity contribution < 1.29 is 0 Å². The molecule has 0 radical (unpaired) electrons. The SMILES string of the molecule is Cc1c2c(=O)n(C)c(=O)n1CCCCn1c(C)c(c(=O)n(C)c1=O)Cc1c(C)n(c(=O)n(C)c1=O)CCCCn1c(C)c(c(=O)n(C)c1=O)C2. The highest BCUT2D eigenvalue weighted by molar-refractivity contribution is 5.30. The number of nitrogens with zero attached hydrogens (tertiary/aromatic N) is 8. The number of fused-ring (bicyclic) bond motifs is 8. The molecule has 16 heteroatoms. The molecule has 0 fully saturated rings. The third kappa shape index (κ3) is 5.85. The van der Waals surface area contributed by atoms with E-state index in [1.165, 1.54) is 46.5 Å². The molecule has 0 aliphatic carbocycles. The third-order valence-corrected chi connectivity index (χ3v) is 10.4. The van der Waals surface area contributed by atoms with E-state index in [1.54, 1.807) is 27.7 Å². The Morgan fingerprint density at radius 2 is 0.520 bits per heavy atom. The minimum Gasteiger partial charge on any atom is -0.298 e. The smallest absolute Gasteiger partial charge is 0.298 e. The van der Waals surface area contributed by atoms with E-state index in [0.29, 0.717) is 48.5 Å². The van der Waals surface area contributed by atoms with Crippen molar-refractivity contribution in [2.24, 2.45) is 28.2 Å². The van der Waals surface area contributed by atoms with Crippen LogP contribution in [0, 0.1) is 27.7 Å². The van der Waals surface area contributed by atoms with Gasteiger partial charge in [-0.3, -0.25) is 55.7 Å². The summed E-state index contributed by atoms with van der Waals surface area (Å²) in [5.41, 5.74) is -1.55. The second-order valence-electron chi connectivity index (χ2n) is 13.2. The Labute approximate surface area is 285 Å². The van der Waals surface area contributed by atoms with Gasteiger partial charge in [-0.15, -0.1) is 0 Å². The van der Waals surface area contributed by atoms with Crippen LogP contribution in [-0.4, -0.2) is 36.5 Å². The molecule has 16 nitrogen and oxygen atoms in total. The largest absolute Gasteiger partial charge is 0.330 e. The first-order chi connectivity index (χ1) is 23.5. The van der Waals surface area contributed by atoms with E-state index in [0.717, 1.165) is 18.3 Å². The summed E-state index contributed by atoms with van der Waals surface area (Å²) < 4.78 is 9.95. The van der Waals surface area contributed by atoms with Gasteiger partial charge in [-0.1, -0.05) is 0 Å². The van der Waals surface area contributed by atoms with Crippen molar-refractivity contribution in [1.29, 1.82) is 0 Å². The molecule has 1 aliphatic rings. The van der Waals surface area contributed by atoms with Gasteiger partial charge in [0.05, 0.1) is 0 Å². The van der Waals surface area contributed by atoms with Crippen LogP contribution in [0.1, 0.15) is 70.7 Å². The van der Waals surface area contributed by atoms with Crippen LogP contribution in [0.4, 0.5) is 0 Å². The zero-order valence-corrected chi connectivity index (χ0v) is 29.9. The van der Waals surface area contributed by atoms with Gasteiger partial charge in [0.25, 0.3) is 22.2 Å². The second-order valence-corrected chi connectivity index (χ2v) is 13.2. The Bertz CT molecular complexity index is 2200. The predicted octanol–water partition coefficient (Wildman–Crippen LogP) is -1.18. The van der Waals surface area contributed by atoms with Crippen molar-refractivity contribution >= 4 is 0 Å². The van der Waals surface area contributed by atoms with Gasteiger partial charge in [0.2, 0.25) is 0 Å². The highest BCUT2D eigenvalue weighted by Crippen LogP contribution is 2.14. The van der Waals surface area contributed by atoms with Crippen LogP contribution in [0.2, 0.25) is 0 Å². The number of rotatable bonds is 0. The van der Waals surface area contributed by atoms with Gasteiger partial charge < -0.3 is 0 Å². The molecular formula is C34H44N8O8. The summed E-state index contributed by atoms with van der Waals surface area (Å²) in [5, 5.41) is 0. The van der Waals surface area contributed by atoms with Gasteiger partial charge >= 0.3 is 22.8 Å². The van der Waals surface area contributed by atoms with Gasteiger partial charge in [-0.25, -0.2) is 19.2 Å². The number of hydrogen-bond acceptors (Lipinski definition) is 8. The molecule has 0 atom stereocenters. The maximum atomic E-state index is 13.4. The molecule has 50 heavy (non-hydrogen) atoms. The number of aromatic nitrogens is 8. The molecule has 0 aromatic carbocycles. The van der Waals surface area contributed by atoms with Crippen molar-refractivity contribution in [3.63, 3.8) is 0 Å². The van der Waals surface area contributed by atoms with Crippen molar-refractivity contribution in [2.45, 2.75) is 92.4 Å². The molecular weight excluding hydrogens is 648 g/mol. The molecule has 5 rings (SSSR count). The van der Waals surface area contributed by atoms with Crippen LogP contribution in [-0.2, 0) is 67.2 Å². The van der Waals surface area contributed by atoms with Gasteiger partial charge in [-0.05, 0) is 53.4 Å². The van der Waals surface area contributed by atoms with E-state index in [1.807, 2.05) is 0 Å². The zero-order valence-electron chi connectivity index (χ0n) is 29.9. The maximum Gasteiger partial charge on any atom is 0.330 e. The molecule has 0 saturated carbocycles. The van der Waals surface area contributed by atoms with Gasteiger partial charge in [0.1, 0.15) is 0 Å². The molecule has 5 heterocycles. The molecule has 0 N–H and O–H groups in total. The third-order valence-electron chi connectivity index (χ3n) is 10.4. The van der Waals surface area contributed by atoms with E-state index in [-0.39, 0.29) is 61.3 Å². The molecule has 0 unspecified atom stereocenters. The Morgan fingerprint density at radius 3 is 0.700 bits per heavy atom. The monoisotopic (exact) mass is 692 g/mol. The quantitative estimate of drug-likeness (QED) is 0.221. The highest BCUT2D eigenvalue weighted by atomic mass is 16.2. The molecule has 4 aromatic rings. The molecule has 8 bridgehead atoms. The van der Waals surface area contributed by atoms with Crippen LogP contribution in [0.3, 0.4) is 0 Å². The van der Waals surface area contributed by atoms with Gasteiger partial charge in [0, 0.05) is 112 Å². The van der Waals surface area contributed by atoms with Crippen LogP contribution >= 0.6 is 0 Å². The Kier molecular flexibility index (Phi) is 9.76. The highest BCUT2D eigenvalue weighted by Gasteiger charge is 2.23. The lowest BCUT2D eigenvalue weighted by Crippen LogP contribution is -2.44. The van der Waals surface area contributed by atoms with Crippen LogP contribution in [0.15, 0.2) is 38.4 Å². The van der Waals surface area contributed by atoms with E-state index in [2.05, 4.69) is 0 Å². The summed E-state index contributed by atoms with van der Waals surface area (Å²) >= 11 is 0. The molecule has 0 saturated heterocycles. The van der Waals surface area contributed by atoms with Crippen LogP contribution < -0.4 is 45.0 Å². The van der Waals surface area contributed by atoms with Crippen LogP contribution in [0.25, 0.3) is 0 Å². The topological polar surface area (TPSA) is 176 Å². The van der Waals surface area contributed by atoms with Crippen molar-refractivity contribution in [3.8, 4) is 0 Å². The fraction of sp³-hybridized carbons (Fsp3) is 0.529. The van der Waals surface area contributed by atoms with Crippen molar-refractivity contribution in [1.82, 2.24) is 36.5 Å². The molecule has 0 amide bonds. The number of hydrogen-bond donors (Lipinski definition) is 0. The van der Waals surface area contributed by atoms with E-state index in [9.17, 15) is 38.4 Å². The minimum absolute atomic E-state index is 0.0948. The summed E-state index contributed by atoms with van der Waals surface area (Å²) in [6.45, 7) is 7.48. The molecule has 1 aliphatic heterocycles. The average molecular weight is 693 g/mol. The summed E-state index contributed by atoms with van der Waals surface area (Å²) in [6, 6.07) is 0. The second kappa shape index (κ2) is 13.6. The average Bonchev–Trinajstić information content (AvgIpc) is 3.08. The predicted molar refractivity (Wildman–Crippen MR) is 187 cm³/mol. The normalized spacial score (nSPS) is 14.2. The lowest BCUT2D eigenvalue weighted by Gasteiger charge is -2.20. The Balaban J connectivity index is 1.70. The summed E-state index contributed by atoms with van der Waals surface area (Å²) in [4.78, 5) is 107. The lowest BCUT2D eigenvalue weighted by molar-refractivity contribution is 0.483. The zero-order chi connectivity index (χ0) is 36.9. The van der Waals surface area contributed by atoms with Crippen molar-refractivity contribution in [2.75, 3.05) is 0 Å². The Hall–Kier alpha value is -5.28. The van der Waals surface area contributed by atoms with E-state index >= 15 is 0 Å². The van der Waals surface area contributed by atoms with Crippen molar-refractivity contribution in [3.05, 3.63) is 128 Å². The first-order valence-corrected chi connectivity index (χ1v) is 16.7. The van der Waals surface area contributed by atoms with Crippen LogP contribution in [0.5, 0.6) is 0 Å². The fourth-order valence-corrected chi connectivity index (χ4v) is 7.03. The van der Waals surface area contributed by atoms with Gasteiger partial charge in [-0.2, -0.15) is 0 Å². The minimum atomic E-state index is -0.533.